The first-order chi connectivity index (χ1) is 20.9. The number of ketones is 1. The Kier molecular flexibility index (Phi) is 8.50. The van der Waals surface area contributed by atoms with Crippen molar-refractivity contribution in [3.63, 3.8) is 0 Å². The zero-order valence-corrected chi connectivity index (χ0v) is 26.8. The lowest BCUT2D eigenvalue weighted by Gasteiger charge is -2.34. The summed E-state index contributed by atoms with van der Waals surface area (Å²) < 4.78 is 56.2. The number of Topliss-reactive ketones (excluding diaryl/α,β-unsaturated/α-hetero) is 1. The summed E-state index contributed by atoms with van der Waals surface area (Å²) in [5, 5.41) is 11.1. The first-order valence-electron chi connectivity index (χ1n) is 14.9. The number of H-pyrrole nitrogens is 1. The Morgan fingerprint density at radius 1 is 1.07 bits per heavy atom. The van der Waals surface area contributed by atoms with Crippen LogP contribution in [0.4, 0.5) is 20.2 Å². The smallest absolute Gasteiger partial charge is 0.244 e. The van der Waals surface area contributed by atoms with E-state index in [9.17, 15) is 22.0 Å². The van der Waals surface area contributed by atoms with Gasteiger partial charge in [-0.1, -0.05) is 0 Å². The molecule has 9 nitrogen and oxygen atoms in total. The fraction of sp³-hybridized carbons (Fsp3) is 0.484. The minimum absolute atomic E-state index is 0.00392. The van der Waals surface area contributed by atoms with Crippen molar-refractivity contribution < 1.29 is 22.0 Å². The summed E-state index contributed by atoms with van der Waals surface area (Å²) >= 11 is 1.95. The van der Waals surface area contributed by atoms with E-state index in [1.165, 1.54) is 4.31 Å². The number of benzene rings is 2. The van der Waals surface area contributed by atoms with Crippen molar-refractivity contribution in [2.45, 2.75) is 56.1 Å². The number of carbonyl (C=O) groups is 1. The fourth-order valence-corrected chi connectivity index (χ4v) is 9.22. The molecular formula is C31H38F2N6O3S2. The molecule has 3 aliphatic rings. The van der Waals surface area contributed by atoms with Crippen LogP contribution in [0.2, 0.25) is 0 Å². The highest BCUT2D eigenvalue weighted by atomic mass is 32.2. The van der Waals surface area contributed by atoms with Crippen LogP contribution in [0, 0.1) is 11.6 Å². The number of thioether (sulfide) groups is 1. The van der Waals surface area contributed by atoms with Crippen LogP contribution in [0.3, 0.4) is 0 Å². The molecule has 6 rings (SSSR count). The molecule has 236 valence electrons. The summed E-state index contributed by atoms with van der Waals surface area (Å²) in [4.78, 5) is 18.1. The van der Waals surface area contributed by atoms with Gasteiger partial charge in [0.2, 0.25) is 10.0 Å². The Labute approximate surface area is 261 Å². The molecule has 2 saturated heterocycles. The molecule has 0 bridgehead atoms. The molecule has 3 aliphatic heterocycles. The van der Waals surface area contributed by atoms with E-state index < -0.39 is 32.1 Å². The minimum Gasteiger partial charge on any atom is -0.382 e. The molecule has 13 heteroatoms. The maximum Gasteiger partial charge on any atom is 0.244 e. The van der Waals surface area contributed by atoms with Gasteiger partial charge in [-0.3, -0.25) is 9.89 Å². The summed E-state index contributed by atoms with van der Waals surface area (Å²) in [6.45, 7) is 7.11. The molecule has 0 radical (unpaired) electrons. The summed E-state index contributed by atoms with van der Waals surface area (Å²) in [7, 11) is -2.15. The van der Waals surface area contributed by atoms with Crippen LogP contribution in [-0.4, -0.2) is 84.4 Å². The van der Waals surface area contributed by atoms with Gasteiger partial charge in [0, 0.05) is 73.0 Å². The van der Waals surface area contributed by atoms with Crippen LogP contribution in [0.1, 0.15) is 54.0 Å². The van der Waals surface area contributed by atoms with Gasteiger partial charge in [0.15, 0.2) is 5.78 Å². The number of fused-ring (bicyclic) bond motifs is 1. The van der Waals surface area contributed by atoms with Crippen LogP contribution in [-0.2, 0) is 28.5 Å². The summed E-state index contributed by atoms with van der Waals surface area (Å²) in [5.41, 5.74) is 3.01. The lowest BCUT2D eigenvalue weighted by Crippen LogP contribution is -2.44. The summed E-state index contributed by atoms with van der Waals surface area (Å²) in [6, 6.07) is 8.54. The molecule has 0 amide bonds. The molecule has 1 aromatic heterocycles. The molecule has 2 aromatic carbocycles. The van der Waals surface area contributed by atoms with E-state index in [1.54, 1.807) is 13.8 Å². The molecule has 2 fully saturated rings. The number of sulfonamides is 1. The van der Waals surface area contributed by atoms with Gasteiger partial charge in [-0.2, -0.15) is 21.2 Å². The Bertz CT molecular complexity index is 1640. The second kappa shape index (κ2) is 12.1. The van der Waals surface area contributed by atoms with Gasteiger partial charge in [0.1, 0.15) is 11.6 Å². The van der Waals surface area contributed by atoms with E-state index in [4.69, 9.17) is 0 Å². The van der Waals surface area contributed by atoms with Crippen molar-refractivity contribution >= 4 is 38.9 Å². The first kappa shape index (κ1) is 31.0. The van der Waals surface area contributed by atoms with E-state index in [2.05, 4.69) is 38.4 Å². The van der Waals surface area contributed by atoms with E-state index >= 15 is 0 Å². The standard InChI is InChI=1S/C31H38F2N6O3S2/c1-31(2)30-26(19-39(31)44(41,42)24-15-20(32)14-21(33)16-24)28(35-36-30)18-29(40)25-5-4-23(38-10-8-37(3)9-11-38)17-27(25)34-22-6-12-43-13-7-22/h4-5,14-17,22,34H,6-13,18-19H2,1-3H3,(H,35,36). The molecule has 0 aliphatic carbocycles. The second-order valence-corrected chi connectivity index (χ2v) is 15.4. The van der Waals surface area contributed by atoms with E-state index in [-0.39, 0.29) is 24.8 Å². The number of piperazine rings is 1. The number of halogens is 2. The number of nitrogens with one attached hydrogen (secondary N) is 2. The fourth-order valence-electron chi connectivity index (χ4n) is 6.35. The first-order valence-corrected chi connectivity index (χ1v) is 17.5. The van der Waals surface area contributed by atoms with Gasteiger partial charge >= 0.3 is 0 Å². The Morgan fingerprint density at radius 3 is 2.43 bits per heavy atom. The maximum absolute atomic E-state index is 13.9. The number of carbonyl (C=O) groups excluding carboxylic acids is 1. The third kappa shape index (κ3) is 5.99. The van der Waals surface area contributed by atoms with Gasteiger partial charge in [-0.05, 0) is 75.6 Å². The van der Waals surface area contributed by atoms with E-state index in [0.717, 1.165) is 74.0 Å². The number of hydrogen-bond donors (Lipinski definition) is 2. The van der Waals surface area contributed by atoms with Crippen molar-refractivity contribution in [1.29, 1.82) is 0 Å². The van der Waals surface area contributed by atoms with Crippen molar-refractivity contribution in [3.05, 3.63) is 70.5 Å². The SMILES string of the molecule is CN1CCN(c2ccc(C(=O)Cc3[nH]nc4c3CN(S(=O)(=O)c3cc(F)cc(F)c3)C4(C)C)c(NC3CCSCC3)c2)CC1. The van der Waals surface area contributed by atoms with Gasteiger partial charge in [-0.25, -0.2) is 17.2 Å². The third-order valence-corrected chi connectivity index (χ3v) is 12.0. The van der Waals surface area contributed by atoms with Crippen LogP contribution in [0.5, 0.6) is 0 Å². The number of rotatable bonds is 8. The summed E-state index contributed by atoms with van der Waals surface area (Å²) in [6.07, 6.45) is 2.06. The van der Waals surface area contributed by atoms with Crippen molar-refractivity contribution in [2.24, 2.45) is 0 Å². The van der Waals surface area contributed by atoms with Gasteiger partial charge < -0.3 is 15.1 Å². The molecule has 2 N–H and O–H groups in total. The topological polar surface area (TPSA) is 102 Å². The number of likely N-dealkylation sites (N-methyl/N-ethyl adjacent to an activating group) is 1. The molecular weight excluding hydrogens is 607 g/mol. The Morgan fingerprint density at radius 2 is 1.75 bits per heavy atom. The number of nitrogens with zero attached hydrogens (tertiary/aromatic N) is 4. The maximum atomic E-state index is 13.9. The van der Waals surface area contributed by atoms with Gasteiger partial charge in [-0.15, -0.1) is 0 Å². The average Bonchev–Trinajstić information content (AvgIpc) is 3.51. The van der Waals surface area contributed by atoms with Crippen LogP contribution < -0.4 is 10.2 Å². The van der Waals surface area contributed by atoms with E-state index in [1.807, 2.05) is 23.9 Å². The molecule has 4 heterocycles. The molecule has 0 unspecified atom stereocenters. The quantitative estimate of drug-likeness (QED) is 0.343. The lowest BCUT2D eigenvalue weighted by atomic mass is 9.98. The van der Waals surface area contributed by atoms with Gasteiger partial charge in [0.05, 0.1) is 22.5 Å². The highest BCUT2D eigenvalue weighted by Gasteiger charge is 2.48. The zero-order chi connectivity index (χ0) is 31.2. The lowest BCUT2D eigenvalue weighted by molar-refractivity contribution is 0.0992. The third-order valence-electron chi connectivity index (χ3n) is 8.97. The molecule has 44 heavy (non-hydrogen) atoms. The molecule has 3 aromatic rings. The zero-order valence-electron chi connectivity index (χ0n) is 25.2. The Hall–Kier alpha value is -3.00. The van der Waals surface area contributed by atoms with Crippen molar-refractivity contribution in [1.82, 2.24) is 19.4 Å². The van der Waals surface area contributed by atoms with E-state index in [0.29, 0.717) is 28.6 Å². The largest absolute Gasteiger partial charge is 0.382 e. The van der Waals surface area contributed by atoms with Crippen LogP contribution >= 0.6 is 11.8 Å². The minimum atomic E-state index is -4.27. The predicted molar refractivity (Wildman–Crippen MR) is 169 cm³/mol. The number of aromatic amines is 1. The van der Waals surface area contributed by atoms with Gasteiger partial charge in [0.25, 0.3) is 0 Å². The number of hydrogen-bond acceptors (Lipinski definition) is 8. The summed E-state index contributed by atoms with van der Waals surface area (Å²) in [5.74, 6) is 0.106. The second-order valence-electron chi connectivity index (χ2n) is 12.4. The van der Waals surface area contributed by atoms with Crippen LogP contribution in [0.15, 0.2) is 41.3 Å². The number of anilines is 2. The highest BCUT2D eigenvalue weighted by molar-refractivity contribution is 7.99. The molecule has 0 atom stereocenters. The monoisotopic (exact) mass is 644 g/mol. The van der Waals surface area contributed by atoms with Crippen molar-refractivity contribution in [2.75, 3.05) is 54.9 Å². The predicted octanol–water partition coefficient (Wildman–Crippen LogP) is 4.61. The normalized spacial score (nSPS) is 19.7. The molecule has 0 spiro atoms. The van der Waals surface area contributed by atoms with Crippen molar-refractivity contribution in [3.8, 4) is 0 Å². The average molecular weight is 645 g/mol. The number of aromatic nitrogens is 2. The highest BCUT2D eigenvalue weighted by Crippen LogP contribution is 2.43. The molecule has 0 saturated carbocycles. The van der Waals surface area contributed by atoms with Crippen LogP contribution in [0.25, 0.3) is 0 Å². The Balaban J connectivity index is 1.27.